The summed E-state index contributed by atoms with van der Waals surface area (Å²) in [6.45, 7) is 7.96. The molecule has 0 aromatic heterocycles. The van der Waals surface area contributed by atoms with Crippen molar-refractivity contribution in [1.82, 2.24) is 10.6 Å². The highest BCUT2D eigenvalue weighted by molar-refractivity contribution is 5.84. The van der Waals surface area contributed by atoms with Crippen molar-refractivity contribution in [1.29, 1.82) is 0 Å². The fraction of sp³-hybridized carbons (Fsp3) is 0.667. The second-order valence-corrected chi connectivity index (χ2v) is 8.65. The van der Waals surface area contributed by atoms with Crippen molar-refractivity contribution in [2.45, 2.75) is 44.9 Å². The largest absolute Gasteiger partial charge is 0.486 e. The summed E-state index contributed by atoms with van der Waals surface area (Å²) in [4.78, 5) is 13.1. The van der Waals surface area contributed by atoms with E-state index in [1.54, 1.807) is 0 Å². The smallest absolute Gasteiger partial charge is 0.227 e. The van der Waals surface area contributed by atoms with Crippen molar-refractivity contribution < 1.29 is 14.3 Å². The molecule has 1 saturated carbocycles. The summed E-state index contributed by atoms with van der Waals surface area (Å²) in [6, 6.07) is 6.11. The van der Waals surface area contributed by atoms with Gasteiger partial charge in [-0.05, 0) is 43.0 Å². The van der Waals surface area contributed by atoms with E-state index in [2.05, 4.69) is 36.6 Å². The van der Waals surface area contributed by atoms with E-state index in [9.17, 15) is 4.79 Å². The molecule has 0 spiro atoms. The van der Waals surface area contributed by atoms with Gasteiger partial charge in [0.25, 0.3) is 0 Å². The zero-order valence-electron chi connectivity index (χ0n) is 15.9. The van der Waals surface area contributed by atoms with E-state index in [1.807, 2.05) is 6.07 Å². The predicted octanol–water partition coefficient (Wildman–Crippen LogP) is 2.63. The molecule has 1 saturated heterocycles. The van der Waals surface area contributed by atoms with E-state index in [1.165, 1.54) is 12.8 Å². The summed E-state index contributed by atoms with van der Waals surface area (Å²) < 4.78 is 11.3. The summed E-state index contributed by atoms with van der Waals surface area (Å²) in [5.41, 5.74) is 0.795. The van der Waals surface area contributed by atoms with E-state index in [4.69, 9.17) is 9.47 Å². The third kappa shape index (κ3) is 3.07. The topological polar surface area (TPSA) is 59.6 Å². The normalized spacial score (nSPS) is 27.7. The van der Waals surface area contributed by atoms with Crippen LogP contribution in [0, 0.1) is 11.3 Å². The van der Waals surface area contributed by atoms with Crippen molar-refractivity contribution in [3.8, 4) is 11.5 Å². The zero-order valence-corrected chi connectivity index (χ0v) is 15.9. The molecule has 142 valence electrons. The number of nitrogens with one attached hydrogen (secondary N) is 2. The lowest BCUT2D eigenvalue weighted by molar-refractivity contribution is -0.134. The minimum absolute atomic E-state index is 0.168. The monoisotopic (exact) mass is 358 g/mol. The van der Waals surface area contributed by atoms with E-state index in [-0.39, 0.29) is 16.7 Å². The fourth-order valence-electron chi connectivity index (χ4n) is 4.73. The molecule has 26 heavy (non-hydrogen) atoms. The molecule has 5 heteroatoms. The lowest BCUT2D eigenvalue weighted by Gasteiger charge is -2.38. The first-order valence-corrected chi connectivity index (χ1v) is 9.90. The van der Waals surface area contributed by atoms with Gasteiger partial charge in [0.05, 0.1) is 5.41 Å². The number of rotatable bonds is 4. The number of carbonyl (C=O) groups excluding carboxylic acids is 1. The molecule has 2 atom stereocenters. The van der Waals surface area contributed by atoms with Crippen LogP contribution in [0.4, 0.5) is 0 Å². The van der Waals surface area contributed by atoms with Crippen LogP contribution in [0.5, 0.6) is 11.5 Å². The van der Waals surface area contributed by atoms with Crippen LogP contribution in [-0.2, 0) is 10.2 Å². The van der Waals surface area contributed by atoms with Gasteiger partial charge >= 0.3 is 0 Å². The number of hydrogen-bond acceptors (Lipinski definition) is 4. The summed E-state index contributed by atoms with van der Waals surface area (Å²) in [5.74, 6) is 2.34. The average Bonchev–Trinajstić information content (AvgIpc) is 3.11. The maximum atomic E-state index is 13.1. The standard InChI is InChI=1S/C21H30N2O3/c1-20(2,15-6-7-17-18(11-15)26-10-9-25-17)13-23-19(24)21-8-4-3-5-16(21)12-22-14-21/h6-7,11,16,22H,3-5,8-10,12-14H2,1-2H3,(H,23,24)/t16-,21+/m0/s1. The minimum atomic E-state index is -0.193. The maximum absolute atomic E-state index is 13.1. The van der Waals surface area contributed by atoms with Gasteiger partial charge in [-0.3, -0.25) is 4.79 Å². The SMILES string of the molecule is CC(C)(CNC(=O)[C@@]12CCCC[C@H]1CNC2)c1ccc2c(c1)OCCO2. The van der Waals surface area contributed by atoms with Crippen LogP contribution in [0.1, 0.15) is 45.1 Å². The Morgan fingerprint density at radius 1 is 1.27 bits per heavy atom. The molecule has 2 aliphatic heterocycles. The summed E-state index contributed by atoms with van der Waals surface area (Å²) in [6.07, 6.45) is 4.61. The molecule has 5 nitrogen and oxygen atoms in total. The third-order valence-corrected chi connectivity index (χ3v) is 6.50. The summed E-state index contributed by atoms with van der Waals surface area (Å²) in [7, 11) is 0. The lowest BCUT2D eigenvalue weighted by atomic mass is 9.67. The van der Waals surface area contributed by atoms with Gasteiger partial charge in [0.1, 0.15) is 13.2 Å². The maximum Gasteiger partial charge on any atom is 0.227 e. The Bertz CT molecular complexity index is 688. The van der Waals surface area contributed by atoms with Crippen LogP contribution in [0.2, 0.25) is 0 Å². The molecule has 1 amide bonds. The molecule has 0 radical (unpaired) electrons. The predicted molar refractivity (Wildman–Crippen MR) is 101 cm³/mol. The number of fused-ring (bicyclic) bond motifs is 2. The van der Waals surface area contributed by atoms with Crippen LogP contribution >= 0.6 is 0 Å². The molecule has 3 aliphatic rings. The van der Waals surface area contributed by atoms with Gasteiger partial charge in [-0.25, -0.2) is 0 Å². The Balaban J connectivity index is 1.45. The number of amides is 1. The lowest BCUT2D eigenvalue weighted by Crippen LogP contribution is -2.50. The van der Waals surface area contributed by atoms with E-state index in [0.717, 1.165) is 43.0 Å². The van der Waals surface area contributed by atoms with Gasteiger partial charge in [-0.1, -0.05) is 32.8 Å². The number of carbonyl (C=O) groups is 1. The van der Waals surface area contributed by atoms with Crippen molar-refractivity contribution in [2.24, 2.45) is 11.3 Å². The molecule has 0 bridgehead atoms. The number of ether oxygens (including phenoxy) is 2. The minimum Gasteiger partial charge on any atom is -0.486 e. The molecule has 1 aliphatic carbocycles. The van der Waals surface area contributed by atoms with Crippen LogP contribution in [0.15, 0.2) is 18.2 Å². The van der Waals surface area contributed by atoms with Gasteiger partial charge in [-0.15, -0.1) is 0 Å². The van der Waals surface area contributed by atoms with Gasteiger partial charge in [0.2, 0.25) is 5.91 Å². The number of hydrogen-bond donors (Lipinski definition) is 2. The van der Waals surface area contributed by atoms with Gasteiger partial charge < -0.3 is 20.1 Å². The molecule has 0 unspecified atom stereocenters. The van der Waals surface area contributed by atoms with Crippen LogP contribution in [-0.4, -0.2) is 38.8 Å². The molecular weight excluding hydrogens is 328 g/mol. The molecule has 2 N–H and O–H groups in total. The molecule has 1 aromatic carbocycles. The van der Waals surface area contributed by atoms with Crippen LogP contribution in [0.3, 0.4) is 0 Å². The van der Waals surface area contributed by atoms with Gasteiger partial charge in [0.15, 0.2) is 11.5 Å². The molecule has 1 aromatic rings. The molecular formula is C21H30N2O3. The first-order chi connectivity index (χ1) is 12.5. The Hall–Kier alpha value is -1.75. The van der Waals surface area contributed by atoms with Crippen LogP contribution < -0.4 is 20.1 Å². The first kappa shape index (κ1) is 17.7. The average molecular weight is 358 g/mol. The zero-order chi connectivity index (χ0) is 18.2. The third-order valence-electron chi connectivity index (χ3n) is 6.50. The highest BCUT2D eigenvalue weighted by Gasteiger charge is 2.49. The Morgan fingerprint density at radius 3 is 2.92 bits per heavy atom. The molecule has 4 rings (SSSR count). The van der Waals surface area contributed by atoms with E-state index >= 15 is 0 Å². The quantitative estimate of drug-likeness (QED) is 0.869. The van der Waals surface area contributed by atoms with Crippen LogP contribution in [0.25, 0.3) is 0 Å². The molecule has 2 fully saturated rings. The van der Waals surface area contributed by atoms with E-state index in [0.29, 0.717) is 25.7 Å². The van der Waals surface area contributed by atoms with Crippen molar-refractivity contribution in [3.63, 3.8) is 0 Å². The Labute approximate surface area is 155 Å². The number of benzene rings is 1. The van der Waals surface area contributed by atoms with Crippen molar-refractivity contribution in [3.05, 3.63) is 23.8 Å². The molecule has 2 heterocycles. The highest BCUT2D eigenvalue weighted by atomic mass is 16.6. The Kier molecular flexibility index (Phi) is 4.59. The highest BCUT2D eigenvalue weighted by Crippen LogP contribution is 2.44. The fourth-order valence-corrected chi connectivity index (χ4v) is 4.73. The summed E-state index contributed by atoms with van der Waals surface area (Å²) in [5, 5.41) is 6.74. The van der Waals surface area contributed by atoms with Crippen molar-refractivity contribution in [2.75, 3.05) is 32.8 Å². The summed E-state index contributed by atoms with van der Waals surface area (Å²) >= 11 is 0. The second kappa shape index (κ2) is 6.76. The van der Waals surface area contributed by atoms with Crippen molar-refractivity contribution >= 4 is 5.91 Å². The van der Waals surface area contributed by atoms with Gasteiger partial charge in [0, 0.05) is 18.5 Å². The van der Waals surface area contributed by atoms with E-state index < -0.39 is 0 Å². The van der Waals surface area contributed by atoms with Gasteiger partial charge in [-0.2, -0.15) is 0 Å². The first-order valence-electron chi connectivity index (χ1n) is 9.90. The Morgan fingerprint density at radius 2 is 2.08 bits per heavy atom. The second-order valence-electron chi connectivity index (χ2n) is 8.65.